The summed E-state index contributed by atoms with van der Waals surface area (Å²) < 4.78 is 37.1. The van der Waals surface area contributed by atoms with Crippen molar-refractivity contribution in [3.63, 3.8) is 0 Å². The Kier molecular flexibility index (Phi) is 2.65. The van der Waals surface area contributed by atoms with Crippen LogP contribution in [0.2, 0.25) is 0 Å². The minimum atomic E-state index is -4.43. The molecule has 6 heteroatoms. The van der Waals surface area contributed by atoms with Gasteiger partial charge in [0.05, 0.1) is 17.6 Å². The highest BCUT2D eigenvalue weighted by molar-refractivity contribution is 5.65. The lowest BCUT2D eigenvalue weighted by Gasteiger charge is -2.11. The summed E-state index contributed by atoms with van der Waals surface area (Å²) in [4.78, 5) is 3.26. The number of nitrogen functional groups attached to an aromatic ring is 1. The number of pyridine rings is 1. The Morgan fingerprint density at radius 3 is 2.69 bits per heavy atom. The number of hydrogen-bond acceptors (Lipinski definition) is 3. The number of hydrogen-bond donors (Lipinski definition) is 2. The van der Waals surface area contributed by atoms with E-state index in [1.54, 1.807) is 0 Å². The fourth-order valence-corrected chi connectivity index (χ4v) is 1.35. The average molecular weight is 231 g/mol. The van der Waals surface area contributed by atoms with Crippen molar-refractivity contribution >= 4 is 11.4 Å². The number of halogens is 3. The molecule has 88 valence electrons. The highest BCUT2D eigenvalue weighted by atomic mass is 19.4. The summed E-state index contributed by atoms with van der Waals surface area (Å²) in [6.07, 6.45) is -1.13. The maximum absolute atomic E-state index is 12.4. The zero-order valence-electron chi connectivity index (χ0n) is 8.51. The standard InChI is InChI=1S/C10H12F3N3/c11-10(12,13)9-3-8(7(14)5-16-9)15-4-6-1-2-6/h3,5-6H,1-2,4,14H2,(H,15,16). The van der Waals surface area contributed by atoms with Crippen LogP contribution in [0.5, 0.6) is 0 Å². The number of alkyl halides is 3. The zero-order valence-corrected chi connectivity index (χ0v) is 8.51. The van der Waals surface area contributed by atoms with Crippen molar-refractivity contribution in [2.24, 2.45) is 5.92 Å². The predicted octanol–water partition coefficient (Wildman–Crippen LogP) is 2.50. The van der Waals surface area contributed by atoms with E-state index in [4.69, 9.17) is 5.73 Å². The molecule has 1 aliphatic rings. The van der Waals surface area contributed by atoms with Crippen LogP contribution >= 0.6 is 0 Å². The monoisotopic (exact) mass is 231 g/mol. The lowest BCUT2D eigenvalue weighted by Crippen LogP contribution is -2.11. The topological polar surface area (TPSA) is 50.9 Å². The van der Waals surface area contributed by atoms with Crippen LogP contribution < -0.4 is 11.1 Å². The van der Waals surface area contributed by atoms with Crippen molar-refractivity contribution in [2.45, 2.75) is 19.0 Å². The van der Waals surface area contributed by atoms with Gasteiger partial charge in [0.15, 0.2) is 0 Å². The number of aromatic nitrogens is 1. The van der Waals surface area contributed by atoms with Crippen LogP contribution in [0.1, 0.15) is 18.5 Å². The molecule has 0 saturated heterocycles. The highest BCUT2D eigenvalue weighted by Gasteiger charge is 2.33. The molecular weight excluding hydrogens is 219 g/mol. The molecule has 0 amide bonds. The molecule has 16 heavy (non-hydrogen) atoms. The van der Waals surface area contributed by atoms with Crippen LogP contribution in [0.4, 0.5) is 24.5 Å². The van der Waals surface area contributed by atoms with Crippen LogP contribution in [-0.2, 0) is 6.18 Å². The summed E-state index contributed by atoms with van der Waals surface area (Å²) >= 11 is 0. The molecule has 0 spiro atoms. The second kappa shape index (κ2) is 3.84. The number of anilines is 2. The summed E-state index contributed by atoms with van der Waals surface area (Å²) in [7, 11) is 0. The normalized spacial score (nSPS) is 16.2. The van der Waals surface area contributed by atoms with E-state index in [1.807, 2.05) is 0 Å². The Labute approximate surface area is 90.9 Å². The van der Waals surface area contributed by atoms with Crippen LogP contribution in [0.3, 0.4) is 0 Å². The van der Waals surface area contributed by atoms with Gasteiger partial charge in [-0.25, -0.2) is 4.98 Å². The summed E-state index contributed by atoms with van der Waals surface area (Å²) in [6, 6.07) is 0.956. The van der Waals surface area contributed by atoms with Crippen molar-refractivity contribution < 1.29 is 13.2 Å². The van der Waals surface area contributed by atoms with E-state index in [0.717, 1.165) is 25.1 Å². The van der Waals surface area contributed by atoms with Crippen LogP contribution in [0.25, 0.3) is 0 Å². The van der Waals surface area contributed by atoms with Crippen molar-refractivity contribution in [1.82, 2.24) is 4.98 Å². The molecule has 1 heterocycles. The van der Waals surface area contributed by atoms with Gasteiger partial charge in [-0.15, -0.1) is 0 Å². The first kappa shape index (κ1) is 11.0. The van der Waals surface area contributed by atoms with Gasteiger partial charge in [-0.1, -0.05) is 0 Å². The number of nitrogens with zero attached hydrogens (tertiary/aromatic N) is 1. The maximum Gasteiger partial charge on any atom is 0.433 e. The van der Waals surface area contributed by atoms with Gasteiger partial charge in [-0.2, -0.15) is 13.2 Å². The Balaban J connectivity index is 2.14. The first-order valence-corrected chi connectivity index (χ1v) is 5.03. The van der Waals surface area contributed by atoms with E-state index >= 15 is 0 Å². The van der Waals surface area contributed by atoms with Gasteiger partial charge < -0.3 is 11.1 Å². The molecule has 0 unspecified atom stereocenters. The SMILES string of the molecule is Nc1cnc(C(F)(F)F)cc1NCC1CC1. The van der Waals surface area contributed by atoms with Crippen molar-refractivity contribution in [3.05, 3.63) is 18.0 Å². The molecule has 3 N–H and O–H groups in total. The van der Waals surface area contributed by atoms with Crippen LogP contribution in [-0.4, -0.2) is 11.5 Å². The first-order valence-electron chi connectivity index (χ1n) is 5.03. The predicted molar refractivity (Wildman–Crippen MR) is 54.9 cm³/mol. The molecule has 0 atom stereocenters. The molecule has 3 nitrogen and oxygen atoms in total. The van der Waals surface area contributed by atoms with Crippen LogP contribution in [0.15, 0.2) is 12.3 Å². The van der Waals surface area contributed by atoms with E-state index < -0.39 is 11.9 Å². The molecule has 2 rings (SSSR count). The minimum Gasteiger partial charge on any atom is -0.396 e. The second-order valence-corrected chi connectivity index (χ2v) is 3.98. The molecular formula is C10H12F3N3. The van der Waals surface area contributed by atoms with Crippen molar-refractivity contribution in [3.8, 4) is 0 Å². The Morgan fingerprint density at radius 1 is 1.44 bits per heavy atom. The Bertz CT molecular complexity index is 385. The van der Waals surface area contributed by atoms with Gasteiger partial charge in [-0.3, -0.25) is 0 Å². The van der Waals surface area contributed by atoms with E-state index in [9.17, 15) is 13.2 Å². The number of nitrogens with two attached hydrogens (primary N) is 1. The van der Waals surface area contributed by atoms with Gasteiger partial charge in [0.2, 0.25) is 0 Å². The largest absolute Gasteiger partial charge is 0.433 e. The molecule has 1 saturated carbocycles. The Hall–Kier alpha value is -1.46. The van der Waals surface area contributed by atoms with Crippen molar-refractivity contribution in [2.75, 3.05) is 17.6 Å². The smallest absolute Gasteiger partial charge is 0.396 e. The Morgan fingerprint density at radius 2 is 2.12 bits per heavy atom. The molecule has 1 aromatic heterocycles. The lowest BCUT2D eigenvalue weighted by atomic mass is 10.2. The fraction of sp³-hybridized carbons (Fsp3) is 0.500. The third-order valence-corrected chi connectivity index (χ3v) is 2.50. The summed E-state index contributed by atoms with van der Waals surface area (Å²) in [5, 5.41) is 2.92. The first-order chi connectivity index (χ1) is 7.47. The fourth-order valence-electron chi connectivity index (χ4n) is 1.35. The van der Waals surface area contributed by atoms with E-state index in [0.29, 0.717) is 18.2 Å². The van der Waals surface area contributed by atoms with E-state index in [1.165, 1.54) is 0 Å². The molecule has 1 aromatic rings. The average Bonchev–Trinajstić information content (AvgIpc) is 2.98. The molecule has 0 aliphatic heterocycles. The quantitative estimate of drug-likeness (QED) is 0.840. The summed E-state index contributed by atoms with van der Waals surface area (Å²) in [5.74, 6) is 0.571. The summed E-state index contributed by atoms with van der Waals surface area (Å²) in [5.41, 5.74) is 5.19. The third kappa shape index (κ3) is 2.56. The third-order valence-electron chi connectivity index (χ3n) is 2.50. The second-order valence-electron chi connectivity index (χ2n) is 3.98. The zero-order chi connectivity index (χ0) is 11.8. The summed E-state index contributed by atoms with van der Waals surface area (Å²) in [6.45, 7) is 0.672. The minimum absolute atomic E-state index is 0.244. The highest BCUT2D eigenvalue weighted by Crippen LogP contribution is 2.33. The lowest BCUT2D eigenvalue weighted by molar-refractivity contribution is -0.141. The van der Waals surface area contributed by atoms with Gasteiger partial charge in [0.1, 0.15) is 5.69 Å². The van der Waals surface area contributed by atoms with Gasteiger partial charge >= 0.3 is 6.18 Å². The molecule has 1 fully saturated rings. The molecule has 1 aliphatic carbocycles. The molecule has 0 radical (unpaired) electrons. The van der Waals surface area contributed by atoms with Crippen LogP contribution in [0, 0.1) is 5.92 Å². The van der Waals surface area contributed by atoms with E-state index in [2.05, 4.69) is 10.3 Å². The van der Waals surface area contributed by atoms with Gasteiger partial charge in [0, 0.05) is 6.54 Å². The molecule has 0 bridgehead atoms. The number of nitrogens with one attached hydrogen (secondary N) is 1. The van der Waals surface area contributed by atoms with Gasteiger partial charge in [0.25, 0.3) is 0 Å². The van der Waals surface area contributed by atoms with Gasteiger partial charge in [-0.05, 0) is 24.8 Å². The number of rotatable bonds is 3. The molecule has 0 aromatic carbocycles. The maximum atomic E-state index is 12.4. The van der Waals surface area contributed by atoms with Crippen molar-refractivity contribution in [1.29, 1.82) is 0 Å². The van der Waals surface area contributed by atoms with E-state index in [-0.39, 0.29) is 5.69 Å².